The summed E-state index contributed by atoms with van der Waals surface area (Å²) in [5.74, 6) is -1.26. The first-order valence-corrected chi connectivity index (χ1v) is 11.1. The second kappa shape index (κ2) is 7.50. The van der Waals surface area contributed by atoms with Crippen LogP contribution in [0.3, 0.4) is 0 Å². The van der Waals surface area contributed by atoms with Gasteiger partial charge in [0.2, 0.25) is 9.84 Å². The molecule has 6 nitrogen and oxygen atoms in total. The Labute approximate surface area is 178 Å². The van der Waals surface area contributed by atoms with E-state index in [0.717, 1.165) is 6.07 Å². The number of nitrogens with one attached hydrogen (secondary N) is 2. The van der Waals surface area contributed by atoms with E-state index in [1.54, 1.807) is 0 Å². The number of benzene rings is 2. The van der Waals surface area contributed by atoms with Gasteiger partial charge in [0.1, 0.15) is 4.88 Å². The van der Waals surface area contributed by atoms with Crippen LogP contribution in [0.25, 0.3) is 0 Å². The third-order valence-corrected chi connectivity index (χ3v) is 7.57. The topological polar surface area (TPSA) is 92.3 Å². The van der Waals surface area contributed by atoms with Gasteiger partial charge >= 0.3 is 6.18 Å². The second-order valence-electron chi connectivity index (χ2n) is 6.61. The van der Waals surface area contributed by atoms with E-state index in [9.17, 15) is 31.2 Å². The number of halogens is 3. The molecule has 11 heteroatoms. The van der Waals surface area contributed by atoms with Gasteiger partial charge in [-0.3, -0.25) is 9.59 Å². The number of carbonyl (C=O) groups is 2. The Bertz CT molecular complexity index is 1310. The zero-order valence-electron chi connectivity index (χ0n) is 15.5. The van der Waals surface area contributed by atoms with Crippen molar-refractivity contribution >= 4 is 38.7 Å². The first-order chi connectivity index (χ1) is 14.6. The van der Waals surface area contributed by atoms with Gasteiger partial charge in [0.15, 0.2) is 0 Å². The van der Waals surface area contributed by atoms with Crippen molar-refractivity contribution in [3.05, 3.63) is 75.5 Å². The van der Waals surface area contributed by atoms with Gasteiger partial charge in [-0.05, 0) is 42.5 Å². The molecule has 2 heterocycles. The molecule has 2 aromatic carbocycles. The lowest BCUT2D eigenvalue weighted by Gasteiger charge is -2.10. The Balaban J connectivity index is 1.59. The molecule has 1 aliphatic rings. The molecular formula is C20H13F3N2O4S2. The van der Waals surface area contributed by atoms with Crippen molar-refractivity contribution in [2.75, 3.05) is 5.32 Å². The molecule has 0 bridgehead atoms. The van der Waals surface area contributed by atoms with E-state index in [0.29, 0.717) is 16.2 Å². The van der Waals surface area contributed by atoms with Crippen LogP contribution in [-0.2, 0) is 22.6 Å². The first kappa shape index (κ1) is 21.1. The van der Waals surface area contributed by atoms with Crippen LogP contribution in [0.5, 0.6) is 0 Å². The van der Waals surface area contributed by atoms with E-state index in [-0.39, 0.29) is 33.2 Å². The van der Waals surface area contributed by atoms with Gasteiger partial charge in [0.05, 0.1) is 27.6 Å². The molecule has 0 fully saturated rings. The fraction of sp³-hybridized carbons (Fsp3) is 0.100. The number of rotatable bonds is 3. The van der Waals surface area contributed by atoms with E-state index in [4.69, 9.17) is 0 Å². The predicted molar refractivity (Wildman–Crippen MR) is 107 cm³/mol. The molecule has 4 rings (SSSR count). The van der Waals surface area contributed by atoms with Crippen molar-refractivity contribution in [3.8, 4) is 0 Å². The van der Waals surface area contributed by atoms with Crippen LogP contribution < -0.4 is 10.6 Å². The van der Waals surface area contributed by atoms with Gasteiger partial charge in [-0.15, -0.1) is 11.3 Å². The Morgan fingerprint density at radius 3 is 2.48 bits per heavy atom. The van der Waals surface area contributed by atoms with Crippen LogP contribution in [0.2, 0.25) is 0 Å². The third kappa shape index (κ3) is 3.93. The van der Waals surface area contributed by atoms with Crippen molar-refractivity contribution in [2.45, 2.75) is 22.5 Å². The average molecular weight is 466 g/mol. The minimum atomic E-state index is -4.45. The summed E-state index contributed by atoms with van der Waals surface area (Å²) in [6, 6.07) is 11.7. The number of hydrogen-bond acceptors (Lipinski definition) is 5. The van der Waals surface area contributed by atoms with Gasteiger partial charge < -0.3 is 10.6 Å². The summed E-state index contributed by atoms with van der Waals surface area (Å²) in [7, 11) is -4.00. The summed E-state index contributed by atoms with van der Waals surface area (Å²) < 4.78 is 64.0. The molecule has 0 radical (unpaired) electrons. The molecule has 160 valence electrons. The number of thiophene rings is 1. The van der Waals surface area contributed by atoms with E-state index >= 15 is 0 Å². The van der Waals surface area contributed by atoms with E-state index in [1.165, 1.54) is 48.5 Å². The average Bonchev–Trinajstić information content (AvgIpc) is 3.18. The number of carbonyl (C=O) groups excluding carboxylic acids is 2. The SMILES string of the molecule is O=C(NCc1ccc(C(F)(F)F)s1)c1ccc2c(c1)NC(=O)c1ccccc1S2(=O)=O. The third-order valence-electron chi connectivity index (χ3n) is 4.56. The smallest absolute Gasteiger partial charge is 0.347 e. The maximum atomic E-state index is 13.0. The van der Waals surface area contributed by atoms with Gasteiger partial charge in [-0.1, -0.05) is 12.1 Å². The predicted octanol–water partition coefficient (Wildman–Crippen LogP) is 4.10. The maximum Gasteiger partial charge on any atom is 0.425 e. The Hall–Kier alpha value is -3.18. The largest absolute Gasteiger partial charge is 0.425 e. The molecule has 1 aliphatic heterocycles. The van der Waals surface area contributed by atoms with E-state index in [1.807, 2.05) is 0 Å². The van der Waals surface area contributed by atoms with Crippen molar-refractivity contribution in [2.24, 2.45) is 0 Å². The number of fused-ring (bicyclic) bond motifs is 2. The highest BCUT2D eigenvalue weighted by atomic mass is 32.2. The lowest BCUT2D eigenvalue weighted by atomic mass is 10.1. The van der Waals surface area contributed by atoms with Gasteiger partial charge in [0.25, 0.3) is 11.8 Å². The molecule has 0 aliphatic carbocycles. The highest BCUT2D eigenvalue weighted by Gasteiger charge is 2.33. The number of amides is 2. The molecular weight excluding hydrogens is 453 g/mol. The Kier molecular flexibility index (Phi) is 5.10. The van der Waals surface area contributed by atoms with Crippen molar-refractivity contribution in [1.29, 1.82) is 0 Å². The lowest BCUT2D eigenvalue weighted by Crippen LogP contribution is -2.22. The molecule has 2 amide bonds. The Morgan fingerprint density at radius 1 is 1.03 bits per heavy atom. The fourth-order valence-electron chi connectivity index (χ4n) is 3.09. The van der Waals surface area contributed by atoms with Gasteiger partial charge in [0, 0.05) is 10.4 Å². The van der Waals surface area contributed by atoms with Crippen LogP contribution in [-0.4, -0.2) is 20.2 Å². The summed E-state index contributed by atoms with van der Waals surface area (Å²) in [5.41, 5.74) is -0.0139. The van der Waals surface area contributed by atoms with Crippen molar-refractivity contribution in [1.82, 2.24) is 5.32 Å². The molecule has 2 N–H and O–H groups in total. The van der Waals surface area contributed by atoms with Crippen LogP contribution in [0.15, 0.2) is 64.4 Å². The number of alkyl halides is 3. The second-order valence-corrected chi connectivity index (χ2v) is 9.67. The van der Waals surface area contributed by atoms with Crippen molar-refractivity contribution in [3.63, 3.8) is 0 Å². The number of anilines is 1. The summed E-state index contributed by atoms with van der Waals surface area (Å²) in [6.45, 7) is -0.132. The van der Waals surface area contributed by atoms with Gasteiger partial charge in [-0.2, -0.15) is 13.2 Å². The van der Waals surface area contributed by atoms with Crippen LogP contribution >= 0.6 is 11.3 Å². The van der Waals surface area contributed by atoms with Crippen molar-refractivity contribution < 1.29 is 31.2 Å². The summed E-state index contributed by atoms with van der Waals surface area (Å²) in [4.78, 5) is 24.2. The molecule has 0 saturated carbocycles. The monoisotopic (exact) mass is 466 g/mol. The highest BCUT2D eigenvalue weighted by molar-refractivity contribution is 7.91. The maximum absolute atomic E-state index is 13.0. The molecule has 0 unspecified atom stereocenters. The minimum absolute atomic E-state index is 0.0112. The molecule has 0 atom stereocenters. The zero-order chi connectivity index (χ0) is 22.4. The highest BCUT2D eigenvalue weighted by Crippen LogP contribution is 2.35. The molecule has 31 heavy (non-hydrogen) atoms. The Morgan fingerprint density at radius 2 is 1.77 bits per heavy atom. The summed E-state index contributed by atoms with van der Waals surface area (Å²) in [5, 5.41) is 5.00. The van der Waals surface area contributed by atoms with Crippen LogP contribution in [0.4, 0.5) is 18.9 Å². The number of hydrogen-bond donors (Lipinski definition) is 2. The summed E-state index contributed by atoms with van der Waals surface area (Å²) >= 11 is 0.520. The van der Waals surface area contributed by atoms with Crippen LogP contribution in [0.1, 0.15) is 30.5 Å². The zero-order valence-corrected chi connectivity index (χ0v) is 17.1. The van der Waals surface area contributed by atoms with E-state index < -0.39 is 32.7 Å². The lowest BCUT2D eigenvalue weighted by molar-refractivity contribution is -0.134. The number of sulfone groups is 1. The molecule has 0 spiro atoms. The first-order valence-electron chi connectivity index (χ1n) is 8.81. The normalized spacial score (nSPS) is 14.7. The fourth-order valence-corrected chi connectivity index (χ4v) is 5.50. The molecule has 0 saturated heterocycles. The molecule has 3 aromatic rings. The summed E-state index contributed by atoms with van der Waals surface area (Å²) in [6.07, 6.45) is -4.45. The quantitative estimate of drug-likeness (QED) is 0.608. The van der Waals surface area contributed by atoms with Crippen LogP contribution in [0, 0.1) is 0 Å². The minimum Gasteiger partial charge on any atom is -0.347 e. The van der Waals surface area contributed by atoms with Gasteiger partial charge in [-0.25, -0.2) is 8.42 Å². The molecule has 1 aromatic heterocycles. The van der Waals surface area contributed by atoms with E-state index in [2.05, 4.69) is 10.6 Å². The standard InChI is InChI=1S/C20H13F3N2O4S2/c21-20(22,23)17-8-6-12(30-17)10-24-18(26)11-5-7-16-14(9-11)25-19(27)13-3-1-2-4-15(13)31(16,28)29/h1-9H,10H2,(H,24,26)(H,25,27).